The Morgan fingerprint density at radius 2 is 1.18 bits per heavy atom. The van der Waals surface area contributed by atoms with Gasteiger partial charge in [0.15, 0.2) is 0 Å². The predicted molar refractivity (Wildman–Crippen MR) is 118 cm³/mol. The van der Waals surface area contributed by atoms with Gasteiger partial charge in [-0.25, -0.2) is 4.39 Å². The van der Waals surface area contributed by atoms with Gasteiger partial charge < -0.3 is 5.09 Å². The van der Waals surface area contributed by atoms with Crippen LogP contribution in [-0.2, 0) is 4.57 Å². The van der Waals surface area contributed by atoms with E-state index in [1.807, 2.05) is 36.4 Å². The summed E-state index contributed by atoms with van der Waals surface area (Å²) < 4.78 is 27.9. The Hall–Kier alpha value is -2.32. The standard InChI is InChI=1S/C22H17Cl2FNOP/c23-19(17-9-3-1-4-10-17)15-28(27,26-22-14-8-7-13-21(22)25)16-20(24)18-11-5-2-6-12-18/h1-16H,(H,26,27)/b19-15+,20-16?. The summed E-state index contributed by atoms with van der Waals surface area (Å²) in [6.07, 6.45) is 0. The quantitative estimate of drug-likeness (QED) is 0.400. The topological polar surface area (TPSA) is 29.1 Å². The van der Waals surface area contributed by atoms with E-state index in [9.17, 15) is 8.96 Å². The number of hydrogen-bond acceptors (Lipinski definition) is 1. The zero-order valence-corrected chi connectivity index (χ0v) is 17.1. The molecule has 0 bridgehead atoms. The molecule has 0 spiro atoms. The largest absolute Gasteiger partial charge is 0.328 e. The zero-order valence-electron chi connectivity index (χ0n) is 14.7. The van der Waals surface area contributed by atoms with E-state index in [1.165, 1.54) is 23.8 Å². The molecular formula is C22H17Cl2FNOP. The van der Waals surface area contributed by atoms with Gasteiger partial charge in [-0.1, -0.05) is 96.0 Å². The van der Waals surface area contributed by atoms with Crippen molar-refractivity contribution in [2.75, 3.05) is 5.09 Å². The Morgan fingerprint density at radius 1 is 0.750 bits per heavy atom. The van der Waals surface area contributed by atoms with Crippen LogP contribution in [0.25, 0.3) is 10.1 Å². The van der Waals surface area contributed by atoms with Crippen molar-refractivity contribution in [1.82, 2.24) is 0 Å². The number of halogens is 3. The SMILES string of the molecule is O=P(C=C(Cl)c1ccccc1)(/C=C(/Cl)c1ccccc1)Nc1ccccc1F. The molecule has 0 aliphatic rings. The van der Waals surface area contributed by atoms with Crippen LogP contribution in [0.15, 0.2) is 96.6 Å². The van der Waals surface area contributed by atoms with E-state index in [0.29, 0.717) is 11.1 Å². The zero-order chi connectivity index (χ0) is 20.0. The van der Waals surface area contributed by atoms with Crippen LogP contribution in [0.3, 0.4) is 0 Å². The molecule has 1 atom stereocenters. The molecule has 0 saturated carbocycles. The molecule has 28 heavy (non-hydrogen) atoms. The molecule has 3 aromatic carbocycles. The van der Waals surface area contributed by atoms with Gasteiger partial charge in [-0.05, 0) is 23.3 Å². The van der Waals surface area contributed by atoms with E-state index in [0.717, 1.165) is 0 Å². The summed E-state index contributed by atoms with van der Waals surface area (Å²) in [6, 6.07) is 24.2. The van der Waals surface area contributed by atoms with Crippen molar-refractivity contribution in [2.24, 2.45) is 0 Å². The van der Waals surface area contributed by atoms with Crippen LogP contribution < -0.4 is 5.09 Å². The molecule has 2 nitrogen and oxygen atoms in total. The first kappa shape index (κ1) is 20.4. The van der Waals surface area contributed by atoms with Crippen molar-refractivity contribution in [3.63, 3.8) is 0 Å². The molecule has 0 aliphatic heterocycles. The minimum absolute atomic E-state index is 0.105. The van der Waals surface area contributed by atoms with Crippen molar-refractivity contribution in [3.05, 3.63) is 114 Å². The molecule has 0 saturated heterocycles. The van der Waals surface area contributed by atoms with Gasteiger partial charge in [-0.2, -0.15) is 0 Å². The number of para-hydroxylation sites is 1. The summed E-state index contributed by atoms with van der Waals surface area (Å²) in [6.45, 7) is 0. The highest BCUT2D eigenvalue weighted by Crippen LogP contribution is 2.53. The fourth-order valence-electron chi connectivity index (χ4n) is 2.52. The normalized spacial score (nSPS) is 14.4. The second-order valence-corrected chi connectivity index (χ2v) is 8.96. The van der Waals surface area contributed by atoms with E-state index in [-0.39, 0.29) is 15.8 Å². The highest BCUT2D eigenvalue weighted by Gasteiger charge is 2.21. The number of benzene rings is 3. The summed E-state index contributed by atoms with van der Waals surface area (Å²) in [4.78, 5) is 0. The molecule has 0 aliphatic carbocycles. The van der Waals surface area contributed by atoms with Gasteiger partial charge in [-0.15, -0.1) is 0 Å². The molecule has 0 radical (unpaired) electrons. The Balaban J connectivity index is 2.05. The van der Waals surface area contributed by atoms with Gasteiger partial charge in [0.2, 0.25) is 7.29 Å². The first-order valence-electron chi connectivity index (χ1n) is 8.47. The molecule has 0 aromatic heterocycles. The van der Waals surface area contributed by atoms with Crippen molar-refractivity contribution in [3.8, 4) is 0 Å². The van der Waals surface area contributed by atoms with Crippen LogP contribution in [0, 0.1) is 5.82 Å². The van der Waals surface area contributed by atoms with Crippen molar-refractivity contribution >= 4 is 46.2 Å². The molecule has 142 valence electrons. The molecule has 0 heterocycles. The van der Waals surface area contributed by atoms with Gasteiger partial charge >= 0.3 is 0 Å². The molecule has 0 amide bonds. The van der Waals surface area contributed by atoms with Crippen LogP contribution in [0.1, 0.15) is 11.1 Å². The first-order valence-corrected chi connectivity index (χ1v) is 11.1. The van der Waals surface area contributed by atoms with Gasteiger partial charge in [0.1, 0.15) is 5.82 Å². The van der Waals surface area contributed by atoms with E-state index in [2.05, 4.69) is 5.09 Å². The summed E-state index contributed by atoms with van der Waals surface area (Å²) in [5.74, 6) is 2.26. The summed E-state index contributed by atoms with van der Waals surface area (Å²) in [5.41, 5.74) is 1.50. The number of hydrogen-bond donors (Lipinski definition) is 1. The lowest BCUT2D eigenvalue weighted by Crippen LogP contribution is -1.96. The molecule has 6 heteroatoms. The van der Waals surface area contributed by atoms with Gasteiger partial charge in [0.05, 0.1) is 15.8 Å². The van der Waals surface area contributed by atoms with Crippen LogP contribution in [0.4, 0.5) is 10.1 Å². The third-order valence-electron chi connectivity index (χ3n) is 3.88. The summed E-state index contributed by atoms with van der Waals surface area (Å²) in [7, 11) is -3.49. The second kappa shape index (κ2) is 9.25. The highest BCUT2D eigenvalue weighted by atomic mass is 35.5. The van der Waals surface area contributed by atoms with Crippen molar-refractivity contribution in [2.45, 2.75) is 0 Å². The van der Waals surface area contributed by atoms with Crippen molar-refractivity contribution in [1.29, 1.82) is 0 Å². The molecule has 1 N–H and O–H groups in total. The minimum atomic E-state index is -3.49. The van der Waals surface area contributed by atoms with Gasteiger partial charge in [-0.3, -0.25) is 4.57 Å². The maximum Gasteiger partial charge on any atom is 0.216 e. The molecule has 0 fully saturated rings. The fraction of sp³-hybridized carbons (Fsp3) is 0. The average Bonchev–Trinajstić information content (AvgIpc) is 2.71. The predicted octanol–water partition coefficient (Wildman–Crippen LogP) is 7.99. The Morgan fingerprint density at radius 3 is 1.64 bits per heavy atom. The lowest BCUT2D eigenvalue weighted by atomic mass is 10.2. The summed E-state index contributed by atoms with van der Waals surface area (Å²) >= 11 is 12.8. The van der Waals surface area contributed by atoms with Crippen LogP contribution in [0.2, 0.25) is 0 Å². The van der Waals surface area contributed by atoms with Crippen molar-refractivity contribution < 1.29 is 8.96 Å². The number of anilines is 1. The summed E-state index contributed by atoms with van der Waals surface area (Å²) in [5, 5.41) is 3.34. The van der Waals surface area contributed by atoms with E-state index < -0.39 is 13.1 Å². The Kier molecular flexibility index (Phi) is 6.74. The van der Waals surface area contributed by atoms with Gasteiger partial charge in [0, 0.05) is 11.6 Å². The Labute approximate surface area is 173 Å². The van der Waals surface area contributed by atoms with E-state index in [1.54, 1.807) is 36.4 Å². The lowest BCUT2D eigenvalue weighted by molar-refractivity contribution is 0.588. The lowest BCUT2D eigenvalue weighted by Gasteiger charge is -2.16. The third kappa shape index (κ3) is 5.36. The third-order valence-corrected chi connectivity index (χ3v) is 6.71. The number of nitrogens with one attached hydrogen (secondary N) is 1. The first-order chi connectivity index (χ1) is 13.5. The van der Waals surface area contributed by atoms with Crippen LogP contribution >= 0.6 is 30.5 Å². The highest BCUT2D eigenvalue weighted by molar-refractivity contribution is 7.72. The maximum absolute atomic E-state index is 14.1. The minimum Gasteiger partial charge on any atom is -0.328 e. The fourth-order valence-corrected chi connectivity index (χ4v) is 5.38. The number of rotatable bonds is 6. The molecular weight excluding hydrogens is 415 g/mol. The maximum atomic E-state index is 14.1. The molecule has 3 aromatic rings. The van der Waals surface area contributed by atoms with E-state index >= 15 is 0 Å². The average molecular weight is 432 g/mol. The van der Waals surface area contributed by atoms with Crippen LogP contribution in [-0.4, -0.2) is 0 Å². The van der Waals surface area contributed by atoms with Crippen LogP contribution in [0.5, 0.6) is 0 Å². The van der Waals surface area contributed by atoms with E-state index in [4.69, 9.17) is 23.2 Å². The second-order valence-electron chi connectivity index (χ2n) is 5.99. The molecule has 3 rings (SSSR count). The smallest absolute Gasteiger partial charge is 0.216 e. The Bertz CT molecular complexity index is 993. The molecule has 1 unspecified atom stereocenters. The van der Waals surface area contributed by atoms with Gasteiger partial charge in [0.25, 0.3) is 0 Å². The monoisotopic (exact) mass is 431 g/mol.